The molecular formula is C22H19N3OS. The van der Waals surface area contributed by atoms with Gasteiger partial charge in [0.2, 0.25) is 0 Å². The number of H-pyrrole nitrogens is 1. The van der Waals surface area contributed by atoms with Crippen molar-refractivity contribution in [3.05, 3.63) is 76.4 Å². The summed E-state index contributed by atoms with van der Waals surface area (Å²) in [5.74, 6) is 0.0862. The van der Waals surface area contributed by atoms with Crippen molar-refractivity contribution in [1.29, 1.82) is 0 Å². The molecule has 27 heavy (non-hydrogen) atoms. The van der Waals surface area contributed by atoms with Crippen molar-refractivity contribution in [3.8, 4) is 10.6 Å². The van der Waals surface area contributed by atoms with Crippen molar-refractivity contribution in [1.82, 2.24) is 14.9 Å². The first-order valence-electron chi connectivity index (χ1n) is 9.11. The van der Waals surface area contributed by atoms with Crippen molar-refractivity contribution in [3.63, 3.8) is 0 Å². The fraction of sp³-hybridized carbons (Fsp3) is 0.182. The number of carbonyl (C=O) groups is 1. The van der Waals surface area contributed by atoms with Crippen LogP contribution < -0.4 is 0 Å². The Balaban J connectivity index is 1.46. The van der Waals surface area contributed by atoms with Crippen LogP contribution in [0.25, 0.3) is 21.5 Å². The monoisotopic (exact) mass is 373 g/mol. The van der Waals surface area contributed by atoms with Crippen LogP contribution in [0.4, 0.5) is 0 Å². The van der Waals surface area contributed by atoms with Gasteiger partial charge < -0.3 is 9.88 Å². The number of carbonyl (C=O) groups excluding carboxylic acids is 1. The lowest BCUT2D eigenvalue weighted by molar-refractivity contribution is 0.0739. The maximum atomic E-state index is 13.2. The van der Waals surface area contributed by atoms with E-state index in [2.05, 4.69) is 28.2 Å². The summed E-state index contributed by atoms with van der Waals surface area (Å²) >= 11 is 1.49. The molecule has 0 spiro atoms. The first-order valence-corrected chi connectivity index (χ1v) is 9.93. The van der Waals surface area contributed by atoms with E-state index in [1.54, 1.807) is 0 Å². The predicted octanol–water partition coefficient (Wildman–Crippen LogP) is 4.80. The first kappa shape index (κ1) is 16.3. The minimum atomic E-state index is 0.0862. The molecule has 0 atom stereocenters. The molecule has 1 amide bonds. The summed E-state index contributed by atoms with van der Waals surface area (Å²) in [6.07, 6.45) is 0.860. The van der Waals surface area contributed by atoms with Crippen molar-refractivity contribution >= 4 is 28.1 Å². The van der Waals surface area contributed by atoms with E-state index >= 15 is 0 Å². The number of rotatable bonds is 2. The van der Waals surface area contributed by atoms with Crippen LogP contribution in [0.1, 0.15) is 26.6 Å². The second-order valence-corrected chi connectivity index (χ2v) is 7.90. The number of aromatic amines is 1. The maximum Gasteiger partial charge on any atom is 0.266 e. The number of para-hydroxylation sites is 1. The van der Waals surface area contributed by atoms with Crippen LogP contribution in [0, 0.1) is 6.92 Å². The zero-order chi connectivity index (χ0) is 18.4. The average Bonchev–Trinajstić information content (AvgIpc) is 3.28. The van der Waals surface area contributed by atoms with E-state index < -0.39 is 0 Å². The molecular weight excluding hydrogens is 354 g/mol. The van der Waals surface area contributed by atoms with Crippen LogP contribution >= 0.6 is 11.3 Å². The Morgan fingerprint density at radius 2 is 1.89 bits per heavy atom. The van der Waals surface area contributed by atoms with Gasteiger partial charge in [0.15, 0.2) is 0 Å². The minimum absolute atomic E-state index is 0.0862. The predicted molar refractivity (Wildman–Crippen MR) is 109 cm³/mol. The van der Waals surface area contributed by atoms with Gasteiger partial charge in [-0.05, 0) is 13.0 Å². The summed E-state index contributed by atoms with van der Waals surface area (Å²) in [4.78, 5) is 24.1. The fourth-order valence-electron chi connectivity index (χ4n) is 3.78. The fourth-order valence-corrected chi connectivity index (χ4v) is 4.82. The van der Waals surface area contributed by atoms with E-state index in [1.165, 1.54) is 28.0 Å². The third-order valence-electron chi connectivity index (χ3n) is 5.18. The molecule has 0 saturated carbocycles. The Hall–Kier alpha value is -2.92. The molecule has 2 aromatic carbocycles. The number of nitrogens with zero attached hydrogens (tertiary/aromatic N) is 2. The van der Waals surface area contributed by atoms with Crippen molar-refractivity contribution in [2.45, 2.75) is 19.9 Å². The van der Waals surface area contributed by atoms with Gasteiger partial charge in [-0.15, -0.1) is 11.3 Å². The van der Waals surface area contributed by atoms with E-state index in [0.717, 1.165) is 39.6 Å². The molecule has 4 nitrogen and oxygen atoms in total. The largest absolute Gasteiger partial charge is 0.358 e. The summed E-state index contributed by atoms with van der Waals surface area (Å²) < 4.78 is 0. The number of nitrogens with one attached hydrogen (secondary N) is 1. The van der Waals surface area contributed by atoms with Gasteiger partial charge in [0, 0.05) is 47.2 Å². The molecule has 4 aromatic rings. The minimum Gasteiger partial charge on any atom is -0.358 e. The molecule has 0 fully saturated rings. The Bertz CT molecular complexity index is 1140. The molecule has 5 rings (SSSR count). The van der Waals surface area contributed by atoms with E-state index in [1.807, 2.05) is 48.2 Å². The Morgan fingerprint density at radius 1 is 1.11 bits per heavy atom. The summed E-state index contributed by atoms with van der Waals surface area (Å²) in [7, 11) is 0. The quantitative estimate of drug-likeness (QED) is 0.549. The number of aromatic nitrogens is 2. The zero-order valence-electron chi connectivity index (χ0n) is 15.0. The lowest BCUT2D eigenvalue weighted by Crippen LogP contribution is -2.35. The number of benzene rings is 2. The second-order valence-electron chi connectivity index (χ2n) is 6.90. The van der Waals surface area contributed by atoms with E-state index in [-0.39, 0.29) is 5.91 Å². The maximum absolute atomic E-state index is 13.2. The topological polar surface area (TPSA) is 49.0 Å². The highest BCUT2D eigenvalue weighted by Gasteiger charge is 2.27. The lowest BCUT2D eigenvalue weighted by Gasteiger charge is -2.27. The molecule has 0 unspecified atom stereocenters. The number of amides is 1. The lowest BCUT2D eigenvalue weighted by atomic mass is 10.0. The molecule has 3 heterocycles. The number of hydrogen-bond acceptors (Lipinski definition) is 3. The molecule has 0 radical (unpaired) electrons. The van der Waals surface area contributed by atoms with Gasteiger partial charge in [0.1, 0.15) is 9.88 Å². The summed E-state index contributed by atoms with van der Waals surface area (Å²) in [6, 6.07) is 18.4. The van der Waals surface area contributed by atoms with Crippen molar-refractivity contribution in [2.75, 3.05) is 6.54 Å². The van der Waals surface area contributed by atoms with Crippen LogP contribution in [0.3, 0.4) is 0 Å². The van der Waals surface area contributed by atoms with E-state index in [4.69, 9.17) is 0 Å². The highest BCUT2D eigenvalue weighted by atomic mass is 32.1. The average molecular weight is 373 g/mol. The number of thiazole rings is 1. The molecule has 5 heteroatoms. The Morgan fingerprint density at radius 3 is 2.74 bits per heavy atom. The smallest absolute Gasteiger partial charge is 0.266 e. The van der Waals surface area contributed by atoms with Gasteiger partial charge in [-0.25, -0.2) is 4.98 Å². The molecule has 1 aliphatic rings. The highest BCUT2D eigenvalue weighted by Crippen LogP contribution is 2.32. The summed E-state index contributed by atoms with van der Waals surface area (Å²) in [5, 5.41) is 2.12. The van der Waals surface area contributed by atoms with Crippen molar-refractivity contribution in [2.24, 2.45) is 0 Å². The first-order chi connectivity index (χ1) is 13.2. The van der Waals surface area contributed by atoms with Crippen LogP contribution in [-0.4, -0.2) is 27.3 Å². The van der Waals surface area contributed by atoms with E-state index in [0.29, 0.717) is 6.54 Å². The van der Waals surface area contributed by atoms with Gasteiger partial charge in [-0.2, -0.15) is 0 Å². The molecule has 134 valence electrons. The molecule has 0 saturated heterocycles. The summed E-state index contributed by atoms with van der Waals surface area (Å²) in [5.41, 5.74) is 5.52. The molecule has 1 aliphatic heterocycles. The van der Waals surface area contributed by atoms with Gasteiger partial charge in [-0.1, -0.05) is 48.5 Å². The standard InChI is InChI=1S/C22H19N3OS/c1-14-20(27-21(23-14)15-7-3-2-4-8-15)22(26)25-12-11-19-17(13-25)16-9-5-6-10-18(16)24-19/h2-10,24H,11-13H2,1H3. The third-order valence-corrected chi connectivity index (χ3v) is 6.38. The number of fused-ring (bicyclic) bond motifs is 3. The van der Waals surface area contributed by atoms with Gasteiger partial charge in [0.05, 0.1) is 5.69 Å². The Labute approximate surface area is 161 Å². The Kier molecular flexibility index (Phi) is 3.83. The summed E-state index contributed by atoms with van der Waals surface area (Å²) in [6.45, 7) is 3.31. The van der Waals surface area contributed by atoms with Gasteiger partial charge in [0.25, 0.3) is 5.91 Å². The van der Waals surface area contributed by atoms with Crippen LogP contribution in [0.2, 0.25) is 0 Å². The van der Waals surface area contributed by atoms with Gasteiger partial charge in [-0.3, -0.25) is 4.79 Å². The zero-order valence-corrected chi connectivity index (χ0v) is 15.8. The van der Waals surface area contributed by atoms with E-state index in [9.17, 15) is 4.79 Å². The normalized spacial score (nSPS) is 13.7. The molecule has 0 bridgehead atoms. The van der Waals surface area contributed by atoms with Crippen LogP contribution in [0.5, 0.6) is 0 Å². The van der Waals surface area contributed by atoms with Crippen LogP contribution in [-0.2, 0) is 13.0 Å². The van der Waals surface area contributed by atoms with Crippen LogP contribution in [0.15, 0.2) is 54.6 Å². The SMILES string of the molecule is Cc1nc(-c2ccccc2)sc1C(=O)N1CCc2[nH]c3ccccc3c2C1. The second kappa shape index (κ2) is 6.35. The molecule has 2 aromatic heterocycles. The highest BCUT2D eigenvalue weighted by molar-refractivity contribution is 7.17. The van der Waals surface area contributed by atoms with Crippen molar-refractivity contribution < 1.29 is 4.79 Å². The third kappa shape index (κ3) is 2.75. The van der Waals surface area contributed by atoms with Gasteiger partial charge >= 0.3 is 0 Å². The number of hydrogen-bond donors (Lipinski definition) is 1. The molecule has 1 N–H and O–H groups in total. The molecule has 0 aliphatic carbocycles. The number of aryl methyl sites for hydroxylation is 1.